The largest absolute Gasteiger partial charge is 0.378 e. The van der Waals surface area contributed by atoms with Gasteiger partial charge < -0.3 is 28.4 Å². The highest BCUT2D eigenvalue weighted by Gasteiger charge is 2.60. The highest BCUT2D eigenvalue weighted by atomic mass is 16.6. The first-order valence-electron chi connectivity index (χ1n) is 10.5. The van der Waals surface area contributed by atoms with E-state index in [2.05, 4.69) is 27.7 Å². The number of ether oxygens (including phenoxy) is 6. The Bertz CT molecular complexity index is 491. The minimum absolute atomic E-state index is 0.0732. The molecule has 4 heterocycles. The van der Waals surface area contributed by atoms with Crippen LogP contribution in [0.5, 0.6) is 0 Å². The van der Waals surface area contributed by atoms with Crippen LogP contribution in [0.1, 0.15) is 47.0 Å². The van der Waals surface area contributed by atoms with E-state index in [1.807, 2.05) is 0 Å². The van der Waals surface area contributed by atoms with Crippen molar-refractivity contribution in [2.45, 2.75) is 76.5 Å². The molecule has 0 aromatic carbocycles. The van der Waals surface area contributed by atoms with Gasteiger partial charge in [-0.05, 0) is 39.0 Å². The van der Waals surface area contributed by atoms with Crippen LogP contribution in [0.15, 0.2) is 0 Å². The van der Waals surface area contributed by atoms with Gasteiger partial charge in [0, 0.05) is 5.41 Å². The predicted molar refractivity (Wildman–Crippen MR) is 99.9 cm³/mol. The van der Waals surface area contributed by atoms with Gasteiger partial charge >= 0.3 is 0 Å². The fourth-order valence-electron chi connectivity index (χ4n) is 3.95. The first-order chi connectivity index (χ1) is 12.8. The number of hydrogen-bond donors (Lipinski definition) is 0. The molecule has 6 unspecified atom stereocenters. The molecule has 5 rings (SSSR count). The van der Waals surface area contributed by atoms with E-state index in [1.54, 1.807) is 0 Å². The maximum atomic E-state index is 5.66. The molecule has 27 heavy (non-hydrogen) atoms. The first-order valence-corrected chi connectivity index (χ1v) is 10.5. The molecule has 6 heteroatoms. The second-order valence-electron chi connectivity index (χ2n) is 10.1. The van der Waals surface area contributed by atoms with Gasteiger partial charge in [0.2, 0.25) is 0 Å². The van der Waals surface area contributed by atoms with Gasteiger partial charge in [0.05, 0.1) is 63.6 Å². The zero-order chi connectivity index (χ0) is 19.1. The fraction of sp³-hybridized carbons (Fsp3) is 1.00. The lowest BCUT2D eigenvalue weighted by Gasteiger charge is -2.26. The summed E-state index contributed by atoms with van der Waals surface area (Å²) in [5, 5.41) is 0. The molecule has 0 N–H and O–H groups in total. The maximum absolute atomic E-state index is 5.66. The maximum Gasteiger partial charge on any atom is 0.104 e. The van der Waals surface area contributed by atoms with E-state index in [0.29, 0.717) is 18.3 Å². The topological polar surface area (TPSA) is 68.6 Å². The smallest absolute Gasteiger partial charge is 0.104 e. The Morgan fingerprint density at radius 2 is 1.48 bits per heavy atom. The molecule has 0 aromatic rings. The summed E-state index contributed by atoms with van der Waals surface area (Å²) in [7, 11) is 0. The second kappa shape index (κ2) is 7.54. The van der Waals surface area contributed by atoms with Crippen LogP contribution in [0.4, 0.5) is 0 Å². The van der Waals surface area contributed by atoms with Crippen LogP contribution in [0.25, 0.3) is 0 Å². The minimum atomic E-state index is 0.0732. The molecule has 0 amide bonds. The molecule has 4 saturated heterocycles. The van der Waals surface area contributed by atoms with E-state index in [1.165, 1.54) is 19.3 Å². The van der Waals surface area contributed by atoms with Crippen molar-refractivity contribution in [2.75, 3.05) is 46.2 Å². The number of rotatable bonds is 9. The SMILES string of the molecule is CC(C)(COCC1CO1)COCC1CO1.CC1(C2CCC3OC3(C)C2)CO1. The Labute approximate surface area is 163 Å². The quantitative estimate of drug-likeness (QED) is 0.569. The van der Waals surface area contributed by atoms with Crippen molar-refractivity contribution >= 4 is 0 Å². The van der Waals surface area contributed by atoms with Gasteiger partial charge in [-0.2, -0.15) is 0 Å². The van der Waals surface area contributed by atoms with E-state index < -0.39 is 0 Å². The molecule has 1 saturated carbocycles. The summed E-state index contributed by atoms with van der Waals surface area (Å²) in [4.78, 5) is 0. The summed E-state index contributed by atoms with van der Waals surface area (Å²) in [6.45, 7) is 14.3. The van der Waals surface area contributed by atoms with E-state index in [9.17, 15) is 0 Å². The van der Waals surface area contributed by atoms with Gasteiger partial charge in [-0.1, -0.05) is 13.8 Å². The molecule has 4 aliphatic heterocycles. The third-order valence-electron chi connectivity index (χ3n) is 6.33. The Balaban J connectivity index is 0.000000136. The Hall–Kier alpha value is -0.240. The van der Waals surface area contributed by atoms with Crippen molar-refractivity contribution in [1.82, 2.24) is 0 Å². The van der Waals surface area contributed by atoms with Crippen molar-refractivity contribution in [3.05, 3.63) is 0 Å². The van der Waals surface area contributed by atoms with Gasteiger partial charge in [-0.25, -0.2) is 0 Å². The van der Waals surface area contributed by atoms with Gasteiger partial charge in [-0.3, -0.25) is 0 Å². The summed E-state index contributed by atoms with van der Waals surface area (Å²) in [6.07, 6.45) is 5.05. The molecule has 5 aliphatic rings. The Morgan fingerprint density at radius 1 is 0.926 bits per heavy atom. The van der Waals surface area contributed by atoms with Gasteiger partial charge in [-0.15, -0.1) is 0 Å². The van der Waals surface area contributed by atoms with Crippen molar-refractivity contribution in [3.8, 4) is 0 Å². The average Bonchev–Trinajstić information content (AvgIpc) is 3.43. The average molecular weight is 385 g/mol. The van der Waals surface area contributed by atoms with Crippen LogP contribution in [-0.4, -0.2) is 75.8 Å². The molecule has 0 bridgehead atoms. The zero-order valence-electron chi connectivity index (χ0n) is 17.3. The molecule has 5 fully saturated rings. The summed E-state index contributed by atoms with van der Waals surface area (Å²) in [5.74, 6) is 0.751. The van der Waals surface area contributed by atoms with E-state index in [4.69, 9.17) is 28.4 Å². The molecule has 6 nitrogen and oxygen atoms in total. The normalized spacial score (nSPS) is 44.0. The zero-order valence-corrected chi connectivity index (χ0v) is 17.3. The molecule has 156 valence electrons. The van der Waals surface area contributed by atoms with Crippen LogP contribution in [0.3, 0.4) is 0 Å². The number of fused-ring (bicyclic) bond motifs is 1. The standard InChI is InChI=1S/C11H20O4.C10H16O2/c1-11(2,7-12-3-9-5-14-9)8-13-4-10-6-15-10;1-9-5-7(10(2)6-11-10)3-4-8(9)12-9/h9-10H,3-8H2,1-2H3;7-8H,3-6H2,1-2H3. The summed E-state index contributed by atoms with van der Waals surface area (Å²) in [6, 6.07) is 0. The first kappa shape index (κ1) is 20.0. The van der Waals surface area contributed by atoms with Crippen LogP contribution in [0, 0.1) is 11.3 Å². The molecular formula is C21H36O6. The molecular weight excluding hydrogens is 348 g/mol. The Kier molecular flexibility index (Phi) is 5.60. The van der Waals surface area contributed by atoms with Gasteiger partial charge in [0.25, 0.3) is 0 Å². The lowest BCUT2D eigenvalue weighted by molar-refractivity contribution is -0.0101. The highest BCUT2D eigenvalue weighted by Crippen LogP contribution is 2.54. The molecule has 0 radical (unpaired) electrons. The lowest BCUT2D eigenvalue weighted by Crippen LogP contribution is -2.31. The van der Waals surface area contributed by atoms with Crippen molar-refractivity contribution in [3.63, 3.8) is 0 Å². The predicted octanol–water partition coefficient (Wildman–Crippen LogP) is 2.58. The molecule has 0 spiro atoms. The molecule has 1 aliphatic carbocycles. The summed E-state index contributed by atoms with van der Waals surface area (Å²) in [5.41, 5.74) is 0.529. The number of epoxide rings is 4. The van der Waals surface area contributed by atoms with E-state index >= 15 is 0 Å². The van der Waals surface area contributed by atoms with Crippen molar-refractivity contribution in [1.29, 1.82) is 0 Å². The number of hydrogen-bond acceptors (Lipinski definition) is 6. The lowest BCUT2D eigenvalue weighted by atomic mass is 9.76. The van der Waals surface area contributed by atoms with Gasteiger partial charge in [0.1, 0.15) is 12.2 Å². The monoisotopic (exact) mass is 384 g/mol. The second-order valence-corrected chi connectivity index (χ2v) is 10.1. The summed E-state index contributed by atoms with van der Waals surface area (Å²) >= 11 is 0. The van der Waals surface area contributed by atoms with Crippen LogP contribution >= 0.6 is 0 Å². The van der Waals surface area contributed by atoms with E-state index in [0.717, 1.165) is 52.2 Å². The third-order valence-corrected chi connectivity index (χ3v) is 6.33. The minimum Gasteiger partial charge on any atom is -0.378 e. The molecule has 6 atom stereocenters. The Morgan fingerprint density at radius 3 is 1.93 bits per heavy atom. The third kappa shape index (κ3) is 5.87. The molecule has 0 aromatic heterocycles. The van der Waals surface area contributed by atoms with Crippen LogP contribution in [0.2, 0.25) is 0 Å². The summed E-state index contributed by atoms with van der Waals surface area (Å²) < 4.78 is 32.4. The van der Waals surface area contributed by atoms with Crippen molar-refractivity contribution in [2.24, 2.45) is 11.3 Å². The van der Waals surface area contributed by atoms with Crippen LogP contribution in [-0.2, 0) is 28.4 Å². The van der Waals surface area contributed by atoms with Gasteiger partial charge in [0.15, 0.2) is 0 Å². The fourth-order valence-corrected chi connectivity index (χ4v) is 3.95. The van der Waals surface area contributed by atoms with Crippen molar-refractivity contribution < 1.29 is 28.4 Å². The van der Waals surface area contributed by atoms with Crippen LogP contribution < -0.4 is 0 Å². The highest BCUT2D eigenvalue weighted by molar-refractivity contribution is 5.09. The van der Waals surface area contributed by atoms with E-state index in [-0.39, 0.29) is 16.6 Å².